The third-order valence-corrected chi connectivity index (χ3v) is 3.34. The van der Waals surface area contributed by atoms with E-state index < -0.39 is 11.8 Å². The van der Waals surface area contributed by atoms with Crippen LogP contribution in [-0.2, 0) is 11.3 Å². The molecule has 0 atom stereocenters. The number of hydrogen-bond donors (Lipinski definition) is 1. The number of nitrogens with one attached hydrogen (secondary N) is 1. The molecule has 22 heavy (non-hydrogen) atoms. The standard InChI is InChI=1S/C17H11FN2O2/c18-15-6-5-11(8-19)7-12(15)10-22-17(21)14-9-20-16-4-2-1-3-13(14)16/h1-7,9,20H,10H2. The van der Waals surface area contributed by atoms with Crippen molar-refractivity contribution in [2.24, 2.45) is 0 Å². The number of nitriles is 1. The first-order chi connectivity index (χ1) is 10.7. The van der Waals surface area contributed by atoms with Crippen LogP contribution in [-0.4, -0.2) is 11.0 Å². The lowest BCUT2D eigenvalue weighted by atomic mass is 10.1. The normalized spacial score (nSPS) is 10.4. The summed E-state index contributed by atoms with van der Waals surface area (Å²) in [5.41, 5.74) is 1.71. The number of halogens is 1. The van der Waals surface area contributed by atoms with Gasteiger partial charge < -0.3 is 9.72 Å². The summed E-state index contributed by atoms with van der Waals surface area (Å²) in [6, 6.07) is 13.2. The Bertz CT molecular complexity index is 893. The Hall–Kier alpha value is -3.13. The molecule has 0 saturated heterocycles. The van der Waals surface area contributed by atoms with E-state index in [0.29, 0.717) is 11.1 Å². The van der Waals surface area contributed by atoms with Crippen molar-refractivity contribution in [2.45, 2.75) is 6.61 Å². The predicted octanol–water partition coefficient (Wildman–Crippen LogP) is 3.54. The highest BCUT2D eigenvalue weighted by atomic mass is 19.1. The van der Waals surface area contributed by atoms with E-state index >= 15 is 0 Å². The molecule has 0 unspecified atom stereocenters. The molecule has 3 aromatic rings. The second-order valence-corrected chi connectivity index (χ2v) is 4.74. The molecule has 0 spiro atoms. The molecule has 5 heteroatoms. The van der Waals surface area contributed by atoms with Crippen molar-refractivity contribution in [3.05, 3.63) is 71.2 Å². The minimum atomic E-state index is -0.542. The third-order valence-electron chi connectivity index (χ3n) is 3.34. The molecule has 1 aromatic heterocycles. The zero-order valence-corrected chi connectivity index (χ0v) is 11.5. The summed E-state index contributed by atoms with van der Waals surface area (Å²) < 4.78 is 18.8. The maximum atomic E-state index is 13.6. The summed E-state index contributed by atoms with van der Waals surface area (Å²) >= 11 is 0. The van der Waals surface area contributed by atoms with Crippen molar-refractivity contribution in [2.75, 3.05) is 0 Å². The minimum Gasteiger partial charge on any atom is -0.457 e. The number of para-hydroxylation sites is 1. The fourth-order valence-corrected chi connectivity index (χ4v) is 2.22. The number of nitrogens with zero attached hydrogens (tertiary/aromatic N) is 1. The van der Waals surface area contributed by atoms with Gasteiger partial charge >= 0.3 is 5.97 Å². The first-order valence-corrected chi connectivity index (χ1v) is 6.61. The maximum Gasteiger partial charge on any atom is 0.340 e. The van der Waals surface area contributed by atoms with Gasteiger partial charge in [0.1, 0.15) is 12.4 Å². The van der Waals surface area contributed by atoms with Crippen LogP contribution in [0.5, 0.6) is 0 Å². The molecule has 0 fully saturated rings. The van der Waals surface area contributed by atoms with E-state index in [1.807, 2.05) is 24.3 Å². The third kappa shape index (κ3) is 2.54. The van der Waals surface area contributed by atoms with Crippen molar-refractivity contribution in [1.29, 1.82) is 5.26 Å². The Balaban J connectivity index is 1.80. The second kappa shape index (κ2) is 5.70. The van der Waals surface area contributed by atoms with Crippen molar-refractivity contribution in [3.8, 4) is 6.07 Å². The topological polar surface area (TPSA) is 65.9 Å². The molecule has 108 valence electrons. The Kier molecular flexibility index (Phi) is 3.58. The second-order valence-electron chi connectivity index (χ2n) is 4.74. The molecule has 2 aromatic carbocycles. The Labute approximate surface area is 125 Å². The van der Waals surface area contributed by atoms with Crippen molar-refractivity contribution < 1.29 is 13.9 Å². The molecule has 0 aliphatic rings. The molecule has 1 N–H and O–H groups in total. The Morgan fingerprint density at radius 2 is 2.09 bits per heavy atom. The first kappa shape index (κ1) is 13.8. The van der Waals surface area contributed by atoms with Crippen LogP contribution in [0.1, 0.15) is 21.5 Å². The van der Waals surface area contributed by atoms with E-state index in [1.165, 1.54) is 18.2 Å². The van der Waals surface area contributed by atoms with Gasteiger partial charge in [-0.05, 0) is 24.3 Å². The fourth-order valence-electron chi connectivity index (χ4n) is 2.22. The van der Waals surface area contributed by atoms with E-state index in [-0.39, 0.29) is 12.2 Å². The number of esters is 1. The van der Waals surface area contributed by atoms with Crippen LogP contribution >= 0.6 is 0 Å². The van der Waals surface area contributed by atoms with Crippen LogP contribution in [0.4, 0.5) is 4.39 Å². The summed E-state index contributed by atoms with van der Waals surface area (Å²) in [5, 5.41) is 9.56. The van der Waals surface area contributed by atoms with Gasteiger partial charge in [-0.1, -0.05) is 18.2 Å². The highest BCUT2D eigenvalue weighted by molar-refractivity contribution is 6.03. The monoisotopic (exact) mass is 294 g/mol. The predicted molar refractivity (Wildman–Crippen MR) is 78.5 cm³/mol. The molecule has 0 aliphatic carbocycles. The van der Waals surface area contributed by atoms with Gasteiger partial charge in [-0.25, -0.2) is 9.18 Å². The Morgan fingerprint density at radius 3 is 2.91 bits per heavy atom. The maximum absolute atomic E-state index is 13.6. The number of rotatable bonds is 3. The van der Waals surface area contributed by atoms with E-state index in [1.54, 1.807) is 12.3 Å². The molecule has 4 nitrogen and oxygen atoms in total. The van der Waals surface area contributed by atoms with Crippen LogP contribution in [0.15, 0.2) is 48.7 Å². The van der Waals surface area contributed by atoms with Gasteiger partial charge in [0, 0.05) is 22.7 Å². The highest BCUT2D eigenvalue weighted by Gasteiger charge is 2.14. The summed E-state index contributed by atoms with van der Waals surface area (Å²) in [4.78, 5) is 15.1. The van der Waals surface area contributed by atoms with Gasteiger partial charge in [0.15, 0.2) is 0 Å². The average Bonchev–Trinajstić information content (AvgIpc) is 2.98. The van der Waals surface area contributed by atoms with Gasteiger partial charge in [0.25, 0.3) is 0 Å². The van der Waals surface area contributed by atoms with Gasteiger partial charge in [-0.3, -0.25) is 0 Å². The van der Waals surface area contributed by atoms with E-state index in [4.69, 9.17) is 10.00 Å². The van der Waals surface area contributed by atoms with Crippen LogP contribution < -0.4 is 0 Å². The fraction of sp³-hybridized carbons (Fsp3) is 0.0588. The number of carbonyl (C=O) groups excluding carboxylic acids is 1. The number of H-pyrrole nitrogens is 1. The van der Waals surface area contributed by atoms with Crippen LogP contribution in [0.2, 0.25) is 0 Å². The number of carbonyl (C=O) groups is 1. The molecule has 0 radical (unpaired) electrons. The number of ether oxygens (including phenoxy) is 1. The van der Waals surface area contributed by atoms with Gasteiger partial charge in [0.05, 0.1) is 17.2 Å². The minimum absolute atomic E-state index is 0.173. The van der Waals surface area contributed by atoms with Gasteiger partial charge in [-0.15, -0.1) is 0 Å². The lowest BCUT2D eigenvalue weighted by Crippen LogP contribution is -2.06. The zero-order chi connectivity index (χ0) is 15.5. The van der Waals surface area contributed by atoms with E-state index in [2.05, 4.69) is 4.98 Å². The van der Waals surface area contributed by atoms with Crippen LogP contribution in [0, 0.1) is 17.1 Å². The summed E-state index contributed by atoms with van der Waals surface area (Å²) in [7, 11) is 0. The zero-order valence-electron chi connectivity index (χ0n) is 11.5. The summed E-state index contributed by atoms with van der Waals surface area (Å²) in [6.45, 7) is -0.223. The first-order valence-electron chi connectivity index (χ1n) is 6.61. The van der Waals surface area contributed by atoms with Gasteiger partial charge in [0.2, 0.25) is 0 Å². The molecular weight excluding hydrogens is 283 g/mol. The number of aromatic amines is 1. The number of hydrogen-bond acceptors (Lipinski definition) is 3. The Morgan fingerprint density at radius 1 is 1.27 bits per heavy atom. The molecular formula is C17H11FN2O2. The number of fused-ring (bicyclic) bond motifs is 1. The molecule has 0 aliphatic heterocycles. The van der Waals surface area contributed by atoms with Crippen molar-refractivity contribution >= 4 is 16.9 Å². The lowest BCUT2D eigenvalue weighted by molar-refractivity contribution is 0.0471. The number of aromatic nitrogens is 1. The SMILES string of the molecule is N#Cc1ccc(F)c(COC(=O)c2c[nH]c3ccccc23)c1. The molecule has 0 saturated carbocycles. The van der Waals surface area contributed by atoms with Crippen LogP contribution in [0.3, 0.4) is 0 Å². The smallest absolute Gasteiger partial charge is 0.340 e. The highest BCUT2D eigenvalue weighted by Crippen LogP contribution is 2.19. The summed E-state index contributed by atoms with van der Waals surface area (Å²) in [6.07, 6.45) is 1.56. The molecule has 1 heterocycles. The van der Waals surface area contributed by atoms with Crippen molar-refractivity contribution in [3.63, 3.8) is 0 Å². The molecule has 0 bridgehead atoms. The van der Waals surface area contributed by atoms with Crippen molar-refractivity contribution in [1.82, 2.24) is 4.98 Å². The molecule has 3 rings (SSSR count). The quantitative estimate of drug-likeness (QED) is 0.751. The largest absolute Gasteiger partial charge is 0.457 e. The summed E-state index contributed by atoms with van der Waals surface area (Å²) in [5.74, 6) is -1.05. The van der Waals surface area contributed by atoms with Gasteiger partial charge in [-0.2, -0.15) is 5.26 Å². The van der Waals surface area contributed by atoms with E-state index in [9.17, 15) is 9.18 Å². The lowest BCUT2D eigenvalue weighted by Gasteiger charge is -2.06. The number of benzene rings is 2. The molecule has 0 amide bonds. The average molecular weight is 294 g/mol. The van der Waals surface area contributed by atoms with Crippen LogP contribution in [0.25, 0.3) is 10.9 Å². The van der Waals surface area contributed by atoms with E-state index in [0.717, 1.165) is 10.9 Å².